The second-order valence-electron chi connectivity index (χ2n) is 11.2. The predicted octanol–water partition coefficient (Wildman–Crippen LogP) is 4.98. The summed E-state index contributed by atoms with van der Waals surface area (Å²) in [5.41, 5.74) is 0.577. The summed E-state index contributed by atoms with van der Waals surface area (Å²) in [5, 5.41) is 19.0. The molecule has 0 aromatic heterocycles. The summed E-state index contributed by atoms with van der Waals surface area (Å²) < 4.78 is 6.68. The lowest BCUT2D eigenvalue weighted by molar-refractivity contribution is -0.142. The number of carboxylic acids is 2. The van der Waals surface area contributed by atoms with Gasteiger partial charge in [-0.3, -0.25) is 9.59 Å². The highest BCUT2D eigenvalue weighted by Gasteiger charge is 2.80. The van der Waals surface area contributed by atoms with Crippen molar-refractivity contribution in [3.8, 4) is 0 Å². The number of hydrogen-bond acceptors (Lipinski definition) is 3. The highest BCUT2D eigenvalue weighted by atomic mass is 16.6. The van der Waals surface area contributed by atoms with E-state index >= 15 is 0 Å². The van der Waals surface area contributed by atoms with Crippen molar-refractivity contribution in [2.45, 2.75) is 77.4 Å². The van der Waals surface area contributed by atoms with E-state index in [0.717, 1.165) is 32.1 Å². The van der Waals surface area contributed by atoms with Crippen LogP contribution in [0.15, 0.2) is 36.0 Å². The van der Waals surface area contributed by atoms with Crippen LogP contribution < -0.4 is 0 Å². The lowest BCUT2D eigenvalue weighted by Gasteiger charge is -2.56. The molecule has 0 unspecified atom stereocenters. The van der Waals surface area contributed by atoms with E-state index in [4.69, 9.17) is 9.84 Å². The van der Waals surface area contributed by atoms with Crippen molar-refractivity contribution >= 4 is 11.9 Å². The van der Waals surface area contributed by atoms with E-state index in [9.17, 15) is 14.7 Å². The lowest BCUT2D eigenvalue weighted by Crippen LogP contribution is -2.57. The van der Waals surface area contributed by atoms with Gasteiger partial charge < -0.3 is 14.9 Å². The molecule has 168 valence electrons. The Morgan fingerprint density at radius 1 is 1.23 bits per heavy atom. The molecule has 1 spiro atoms. The Balaban J connectivity index is 1.58. The molecule has 0 bridgehead atoms. The highest BCUT2D eigenvalue weighted by Crippen LogP contribution is 2.78. The Kier molecular flexibility index (Phi) is 4.45. The average molecular weight is 427 g/mol. The van der Waals surface area contributed by atoms with Gasteiger partial charge in [0.25, 0.3) is 0 Å². The molecule has 3 fully saturated rings. The van der Waals surface area contributed by atoms with E-state index in [1.54, 1.807) is 6.08 Å². The van der Waals surface area contributed by atoms with Crippen molar-refractivity contribution < 1.29 is 24.5 Å². The van der Waals surface area contributed by atoms with Gasteiger partial charge in [0.1, 0.15) is 5.60 Å². The van der Waals surface area contributed by atoms with E-state index in [1.165, 1.54) is 5.57 Å². The number of rotatable bonds is 5. The van der Waals surface area contributed by atoms with E-state index in [1.807, 2.05) is 6.08 Å². The molecule has 5 rings (SSSR count). The zero-order valence-corrected chi connectivity index (χ0v) is 18.8. The van der Waals surface area contributed by atoms with Crippen molar-refractivity contribution in [3.63, 3.8) is 0 Å². The average Bonchev–Trinajstić information content (AvgIpc) is 3.36. The van der Waals surface area contributed by atoms with Crippen molar-refractivity contribution in [1.29, 1.82) is 0 Å². The van der Waals surface area contributed by atoms with Crippen LogP contribution in [-0.2, 0) is 14.3 Å². The molecule has 5 nitrogen and oxygen atoms in total. The van der Waals surface area contributed by atoms with Gasteiger partial charge in [-0.15, -0.1) is 0 Å². The van der Waals surface area contributed by atoms with Crippen LogP contribution in [0, 0.1) is 34.0 Å². The van der Waals surface area contributed by atoms with E-state index < -0.39 is 17.4 Å². The molecule has 5 aliphatic rings. The monoisotopic (exact) mass is 426 g/mol. The van der Waals surface area contributed by atoms with Crippen LogP contribution in [0.5, 0.6) is 0 Å². The smallest absolute Gasteiger partial charge is 0.307 e. The minimum atomic E-state index is -0.884. The molecule has 4 aliphatic carbocycles. The van der Waals surface area contributed by atoms with Gasteiger partial charge in [0.05, 0.1) is 18.9 Å². The largest absolute Gasteiger partial charge is 0.481 e. The van der Waals surface area contributed by atoms with Crippen LogP contribution in [0.4, 0.5) is 0 Å². The van der Waals surface area contributed by atoms with Gasteiger partial charge in [0.2, 0.25) is 0 Å². The summed E-state index contributed by atoms with van der Waals surface area (Å²) in [6.45, 7) is 6.82. The van der Waals surface area contributed by atoms with Gasteiger partial charge in [-0.25, -0.2) is 0 Å². The van der Waals surface area contributed by atoms with Crippen molar-refractivity contribution in [1.82, 2.24) is 0 Å². The minimum absolute atomic E-state index is 0.0388. The Bertz CT molecular complexity index is 917. The maximum atomic E-state index is 12.0. The number of allylic oxidation sites excluding steroid dienone is 4. The topological polar surface area (TPSA) is 87.1 Å². The third-order valence-corrected chi connectivity index (χ3v) is 10.1. The van der Waals surface area contributed by atoms with E-state index in [2.05, 4.69) is 39.0 Å². The lowest BCUT2D eigenvalue weighted by atomic mass is 9.45. The Morgan fingerprint density at radius 2 is 2.00 bits per heavy atom. The number of ether oxygens (including phenoxy) is 1. The van der Waals surface area contributed by atoms with Gasteiger partial charge >= 0.3 is 11.9 Å². The molecule has 0 aromatic rings. The van der Waals surface area contributed by atoms with Crippen LogP contribution in [0.1, 0.15) is 65.7 Å². The first-order valence-electron chi connectivity index (χ1n) is 11.8. The molecule has 1 heterocycles. The first-order chi connectivity index (χ1) is 14.6. The molecule has 1 aliphatic heterocycles. The molecule has 5 heteroatoms. The molecule has 1 saturated heterocycles. The molecular formula is C26H34O5. The number of carboxylic acid groups (broad SMARTS) is 2. The molecule has 2 N–H and O–H groups in total. The summed E-state index contributed by atoms with van der Waals surface area (Å²) in [7, 11) is 0. The van der Waals surface area contributed by atoms with Gasteiger partial charge in [0, 0.05) is 10.8 Å². The molecule has 2 saturated carbocycles. The molecule has 8 atom stereocenters. The number of carbonyl (C=O) groups is 2. The maximum absolute atomic E-state index is 12.0. The van der Waals surface area contributed by atoms with Gasteiger partial charge in [0.15, 0.2) is 0 Å². The van der Waals surface area contributed by atoms with Crippen LogP contribution >= 0.6 is 0 Å². The second kappa shape index (κ2) is 6.57. The molecule has 0 amide bonds. The fraction of sp³-hybridized carbons (Fsp3) is 0.692. The summed E-state index contributed by atoms with van der Waals surface area (Å²) in [6.07, 6.45) is 15.8. The summed E-state index contributed by atoms with van der Waals surface area (Å²) in [6, 6.07) is 0. The zero-order valence-electron chi connectivity index (χ0n) is 18.8. The molecule has 31 heavy (non-hydrogen) atoms. The quantitative estimate of drug-likeness (QED) is 0.478. The number of fused-ring (bicyclic) bond motifs is 3. The van der Waals surface area contributed by atoms with Crippen molar-refractivity contribution in [3.05, 3.63) is 36.0 Å². The van der Waals surface area contributed by atoms with E-state index in [0.29, 0.717) is 11.8 Å². The normalized spacial score (nSPS) is 49.6. The third kappa shape index (κ3) is 2.53. The standard InChI is InChI=1S/C26H34O5/c1-16-13-19-18-10-9-17-7-4-5-11-23(17,2)26(18)20(31-26)14-24(19,3)25(16,15-22(29)30)12-6-8-21(27)28/h4,6-7,9,12,16,18-20H,5,8,10-11,13-15H2,1-3H3,(H,27,28)(H,29,30)/t16-,18-,19-,20-,23-,24-,25+,26+/m0/s1. The van der Waals surface area contributed by atoms with Crippen LogP contribution in [-0.4, -0.2) is 33.9 Å². The zero-order chi connectivity index (χ0) is 22.2. The first-order valence-corrected chi connectivity index (χ1v) is 11.8. The second-order valence-corrected chi connectivity index (χ2v) is 11.2. The van der Waals surface area contributed by atoms with E-state index in [-0.39, 0.29) is 41.3 Å². The maximum Gasteiger partial charge on any atom is 0.307 e. The highest BCUT2D eigenvalue weighted by molar-refractivity contribution is 5.70. The Morgan fingerprint density at radius 3 is 2.71 bits per heavy atom. The Labute approximate surface area is 184 Å². The number of aliphatic carboxylic acids is 2. The number of hydrogen-bond donors (Lipinski definition) is 2. The molecular weight excluding hydrogens is 392 g/mol. The minimum Gasteiger partial charge on any atom is -0.481 e. The van der Waals surface area contributed by atoms with Crippen molar-refractivity contribution in [2.24, 2.45) is 34.0 Å². The van der Waals surface area contributed by atoms with Crippen molar-refractivity contribution in [2.75, 3.05) is 0 Å². The van der Waals surface area contributed by atoms with Crippen LogP contribution in [0.25, 0.3) is 0 Å². The molecule has 0 radical (unpaired) electrons. The summed E-state index contributed by atoms with van der Waals surface area (Å²) in [4.78, 5) is 23.2. The van der Waals surface area contributed by atoms with Gasteiger partial charge in [-0.05, 0) is 60.8 Å². The Hall–Kier alpha value is -1.88. The fourth-order valence-corrected chi connectivity index (χ4v) is 8.64. The number of epoxide rings is 1. The van der Waals surface area contributed by atoms with Crippen LogP contribution in [0.3, 0.4) is 0 Å². The van der Waals surface area contributed by atoms with Gasteiger partial charge in [-0.2, -0.15) is 0 Å². The van der Waals surface area contributed by atoms with Crippen LogP contribution in [0.2, 0.25) is 0 Å². The fourth-order valence-electron chi connectivity index (χ4n) is 8.64. The third-order valence-electron chi connectivity index (χ3n) is 10.1. The summed E-state index contributed by atoms with van der Waals surface area (Å²) in [5.74, 6) is -0.747. The molecule has 0 aromatic carbocycles. The SMILES string of the molecule is C[C@H]1C[C@H]2[C@@H]3CC=C4C=CCC[C@]4(C)[C@@]34O[C@H]4C[C@]2(C)[C@]1(C=CCC(=O)O)CC(=O)O. The predicted molar refractivity (Wildman–Crippen MR) is 116 cm³/mol. The first kappa shape index (κ1) is 21.0. The van der Waals surface area contributed by atoms with Gasteiger partial charge in [-0.1, -0.05) is 51.2 Å². The summed E-state index contributed by atoms with van der Waals surface area (Å²) >= 11 is 0.